The van der Waals surface area contributed by atoms with Crippen LogP contribution in [0, 0.1) is 0 Å². The molecule has 1 unspecified atom stereocenters. The molecule has 1 aliphatic carbocycles. The zero-order valence-corrected chi connectivity index (χ0v) is 9.63. The van der Waals surface area contributed by atoms with Crippen molar-refractivity contribution in [2.45, 2.75) is 37.9 Å². The Bertz CT molecular complexity index is 358. The van der Waals surface area contributed by atoms with Crippen molar-refractivity contribution in [3.8, 4) is 0 Å². The topological polar surface area (TPSA) is 58.9 Å². The highest BCUT2D eigenvalue weighted by Crippen LogP contribution is 2.34. The van der Waals surface area contributed by atoms with Crippen LogP contribution in [0.25, 0.3) is 0 Å². The molecule has 0 amide bonds. The molecule has 3 rings (SSSR count). The van der Waals surface area contributed by atoms with E-state index in [9.17, 15) is 0 Å². The second-order valence-electron chi connectivity index (χ2n) is 4.78. The molecule has 1 aromatic rings. The van der Waals surface area contributed by atoms with Crippen molar-refractivity contribution in [3.05, 3.63) is 5.82 Å². The number of nitrogens with one attached hydrogen (secondary N) is 1. The average Bonchev–Trinajstić information content (AvgIpc) is 2.88. The summed E-state index contributed by atoms with van der Waals surface area (Å²) in [6.45, 7) is 3.14. The maximum Gasteiger partial charge on any atom is 0.165 e. The Labute approximate surface area is 95.0 Å². The summed E-state index contributed by atoms with van der Waals surface area (Å²) in [4.78, 5) is 2.42. The molecule has 1 atom stereocenters. The van der Waals surface area contributed by atoms with Gasteiger partial charge in [-0.1, -0.05) is 0 Å². The molecule has 1 saturated carbocycles. The van der Waals surface area contributed by atoms with E-state index in [1.807, 2.05) is 11.7 Å². The number of rotatable bonds is 4. The van der Waals surface area contributed by atoms with Crippen LogP contribution in [0.3, 0.4) is 0 Å². The van der Waals surface area contributed by atoms with Crippen LogP contribution in [-0.2, 0) is 6.54 Å². The third-order valence-corrected chi connectivity index (χ3v) is 3.50. The highest BCUT2D eigenvalue weighted by Gasteiger charge is 2.29. The lowest BCUT2D eigenvalue weighted by molar-refractivity contribution is 0.306. The van der Waals surface area contributed by atoms with Gasteiger partial charge in [-0.2, -0.15) is 0 Å². The normalized spacial score (nSPS) is 26.4. The molecule has 1 aliphatic heterocycles. The van der Waals surface area contributed by atoms with Crippen LogP contribution in [0.4, 0.5) is 0 Å². The van der Waals surface area contributed by atoms with Gasteiger partial charge >= 0.3 is 0 Å². The first-order chi connectivity index (χ1) is 7.86. The molecule has 1 saturated heterocycles. The number of tetrazole rings is 1. The monoisotopic (exact) mass is 222 g/mol. The van der Waals surface area contributed by atoms with Crippen molar-refractivity contribution in [1.29, 1.82) is 0 Å². The number of likely N-dealkylation sites (N-methyl/N-ethyl adjacent to an activating group) is 1. The molecular weight excluding hydrogens is 204 g/mol. The molecule has 16 heavy (non-hydrogen) atoms. The first kappa shape index (κ1) is 10.2. The molecule has 2 heterocycles. The number of hydrogen-bond acceptors (Lipinski definition) is 5. The van der Waals surface area contributed by atoms with Crippen LogP contribution < -0.4 is 5.32 Å². The summed E-state index contributed by atoms with van der Waals surface area (Å²) in [5.41, 5.74) is 0. The zero-order valence-electron chi connectivity index (χ0n) is 9.63. The van der Waals surface area contributed by atoms with E-state index in [4.69, 9.17) is 0 Å². The van der Waals surface area contributed by atoms with E-state index < -0.39 is 0 Å². The Morgan fingerprint density at radius 2 is 2.25 bits per heavy atom. The van der Waals surface area contributed by atoms with Crippen LogP contribution >= 0.6 is 0 Å². The second kappa shape index (κ2) is 4.10. The Balaban J connectivity index is 1.63. The van der Waals surface area contributed by atoms with Gasteiger partial charge in [-0.15, -0.1) is 5.10 Å². The van der Waals surface area contributed by atoms with Crippen LogP contribution in [0.15, 0.2) is 0 Å². The maximum atomic E-state index is 4.13. The van der Waals surface area contributed by atoms with Crippen molar-refractivity contribution >= 4 is 0 Å². The molecule has 0 aromatic carbocycles. The molecule has 0 bridgehead atoms. The van der Waals surface area contributed by atoms with Gasteiger partial charge in [-0.3, -0.25) is 4.90 Å². The summed E-state index contributed by atoms with van der Waals surface area (Å²) in [7, 11) is 2.03. The molecule has 88 valence electrons. The third kappa shape index (κ3) is 1.94. The van der Waals surface area contributed by atoms with Gasteiger partial charge in [0.2, 0.25) is 0 Å². The highest BCUT2D eigenvalue weighted by atomic mass is 15.6. The van der Waals surface area contributed by atoms with Gasteiger partial charge in [-0.25, -0.2) is 4.68 Å². The molecule has 2 fully saturated rings. The van der Waals surface area contributed by atoms with Gasteiger partial charge < -0.3 is 5.32 Å². The summed E-state index contributed by atoms with van der Waals surface area (Å²) in [6, 6.07) is 1.21. The Morgan fingerprint density at radius 3 is 2.94 bits per heavy atom. The quantitative estimate of drug-likeness (QED) is 0.764. The minimum absolute atomic E-state index is 0.577. The summed E-state index contributed by atoms with van der Waals surface area (Å²) in [6.07, 6.45) is 3.69. The number of aromatic nitrogens is 4. The van der Waals surface area contributed by atoms with E-state index in [1.165, 1.54) is 19.3 Å². The van der Waals surface area contributed by atoms with Crippen molar-refractivity contribution in [2.24, 2.45) is 0 Å². The standard InChI is InChI=1S/C10H18N6/c1-11-8-4-5-15(6-8)7-10-12-13-14-16(10)9-2-3-9/h8-9,11H,2-7H2,1H3. The Hall–Kier alpha value is -1.01. The predicted octanol–water partition coefficient (Wildman–Crippen LogP) is -0.198. The zero-order chi connectivity index (χ0) is 11.0. The maximum absolute atomic E-state index is 4.13. The van der Waals surface area contributed by atoms with Crippen LogP contribution in [0.2, 0.25) is 0 Å². The smallest absolute Gasteiger partial charge is 0.165 e. The van der Waals surface area contributed by atoms with Crippen molar-refractivity contribution in [1.82, 2.24) is 30.4 Å². The van der Waals surface area contributed by atoms with E-state index in [0.29, 0.717) is 12.1 Å². The highest BCUT2D eigenvalue weighted by molar-refractivity contribution is 4.92. The first-order valence-electron chi connectivity index (χ1n) is 6.03. The van der Waals surface area contributed by atoms with Gasteiger partial charge in [0, 0.05) is 19.1 Å². The summed E-state index contributed by atoms with van der Waals surface area (Å²) in [5.74, 6) is 1.03. The summed E-state index contributed by atoms with van der Waals surface area (Å²) >= 11 is 0. The number of hydrogen-bond donors (Lipinski definition) is 1. The van der Waals surface area contributed by atoms with E-state index >= 15 is 0 Å². The van der Waals surface area contributed by atoms with Gasteiger partial charge in [0.1, 0.15) is 0 Å². The van der Waals surface area contributed by atoms with Crippen LogP contribution in [-0.4, -0.2) is 51.3 Å². The number of nitrogens with zero attached hydrogens (tertiary/aromatic N) is 5. The average molecular weight is 222 g/mol. The minimum atomic E-state index is 0.577. The molecule has 0 radical (unpaired) electrons. The lowest BCUT2D eigenvalue weighted by Gasteiger charge is -2.14. The van der Waals surface area contributed by atoms with Crippen molar-refractivity contribution < 1.29 is 0 Å². The summed E-state index contributed by atoms with van der Waals surface area (Å²) < 4.78 is 2.01. The van der Waals surface area contributed by atoms with Crippen LogP contribution in [0.1, 0.15) is 31.1 Å². The first-order valence-corrected chi connectivity index (χ1v) is 6.03. The Morgan fingerprint density at radius 1 is 1.38 bits per heavy atom. The second-order valence-corrected chi connectivity index (χ2v) is 4.78. The van der Waals surface area contributed by atoms with Gasteiger partial charge in [-0.05, 0) is 36.7 Å². The van der Waals surface area contributed by atoms with Gasteiger partial charge in [0.05, 0.1) is 12.6 Å². The van der Waals surface area contributed by atoms with Crippen LogP contribution in [0.5, 0.6) is 0 Å². The molecular formula is C10H18N6. The SMILES string of the molecule is CNC1CCN(Cc2nnnn2C2CC2)C1. The third-order valence-electron chi connectivity index (χ3n) is 3.50. The molecule has 6 heteroatoms. The summed E-state index contributed by atoms with van der Waals surface area (Å²) in [5, 5.41) is 15.3. The molecule has 1 aromatic heterocycles. The van der Waals surface area contributed by atoms with Gasteiger partial charge in [0.25, 0.3) is 0 Å². The lowest BCUT2D eigenvalue weighted by atomic mass is 10.3. The predicted molar refractivity (Wildman–Crippen MR) is 58.8 cm³/mol. The molecule has 6 nitrogen and oxygen atoms in total. The lowest BCUT2D eigenvalue weighted by Crippen LogP contribution is -2.30. The van der Waals surface area contributed by atoms with E-state index in [1.54, 1.807) is 0 Å². The van der Waals surface area contributed by atoms with E-state index in [-0.39, 0.29) is 0 Å². The van der Waals surface area contributed by atoms with E-state index in [2.05, 4.69) is 25.7 Å². The largest absolute Gasteiger partial charge is 0.316 e. The minimum Gasteiger partial charge on any atom is -0.316 e. The fourth-order valence-electron chi connectivity index (χ4n) is 2.33. The molecule has 2 aliphatic rings. The van der Waals surface area contributed by atoms with Crippen molar-refractivity contribution in [2.75, 3.05) is 20.1 Å². The fraction of sp³-hybridized carbons (Fsp3) is 0.900. The number of likely N-dealkylation sites (tertiary alicyclic amines) is 1. The van der Waals surface area contributed by atoms with E-state index in [0.717, 1.165) is 25.5 Å². The van der Waals surface area contributed by atoms with Crippen molar-refractivity contribution in [3.63, 3.8) is 0 Å². The van der Waals surface area contributed by atoms with Gasteiger partial charge in [0.15, 0.2) is 5.82 Å². The molecule has 1 N–H and O–H groups in total. The molecule has 0 spiro atoms. The Kier molecular flexibility index (Phi) is 2.61. The fourth-order valence-corrected chi connectivity index (χ4v) is 2.33.